The Bertz CT molecular complexity index is 348. The lowest BCUT2D eigenvalue weighted by Crippen LogP contribution is -2.54. The lowest BCUT2D eigenvalue weighted by molar-refractivity contribution is -0.145. The number of carbonyl (C=O) groups excluding carboxylic acids is 1. The second-order valence-corrected chi connectivity index (χ2v) is 5.49. The lowest BCUT2D eigenvalue weighted by atomic mass is 9.96. The van der Waals surface area contributed by atoms with Gasteiger partial charge in [0.1, 0.15) is 5.92 Å². The molecule has 0 bridgehead atoms. The maximum absolute atomic E-state index is 12.5. The first kappa shape index (κ1) is 16.9. The summed E-state index contributed by atoms with van der Waals surface area (Å²) >= 11 is 0. The summed E-state index contributed by atoms with van der Waals surface area (Å²) in [4.78, 5) is 25.4. The minimum atomic E-state index is -0.918. The predicted octanol–water partition coefficient (Wildman–Crippen LogP) is 0.698. The Balaban J connectivity index is 2.87. The topological polar surface area (TPSA) is 92.9 Å². The molecule has 1 aliphatic heterocycles. The number of carbonyl (C=O) groups is 2. The van der Waals surface area contributed by atoms with Crippen LogP contribution in [-0.4, -0.2) is 53.7 Å². The molecule has 0 saturated carbocycles. The van der Waals surface area contributed by atoms with E-state index in [2.05, 4.69) is 0 Å². The number of aliphatic carboxylic acids is 1. The quantitative estimate of drug-likeness (QED) is 0.718. The largest absolute Gasteiger partial charge is 0.481 e. The molecule has 1 amide bonds. The van der Waals surface area contributed by atoms with Crippen molar-refractivity contribution in [2.24, 2.45) is 17.6 Å². The summed E-state index contributed by atoms with van der Waals surface area (Å²) in [6.07, 6.45) is 1.58. The van der Waals surface area contributed by atoms with Crippen LogP contribution in [0.1, 0.15) is 33.6 Å². The number of hydrogen-bond acceptors (Lipinski definition) is 4. The minimum Gasteiger partial charge on any atom is -0.481 e. The summed E-state index contributed by atoms with van der Waals surface area (Å²) in [7, 11) is 0. The van der Waals surface area contributed by atoms with E-state index < -0.39 is 24.0 Å². The zero-order chi connectivity index (χ0) is 15.3. The molecule has 3 N–H and O–H groups in total. The fraction of sp³-hybridized carbons (Fsp3) is 0.857. The molecule has 0 aromatic heterocycles. The zero-order valence-electron chi connectivity index (χ0n) is 12.5. The summed E-state index contributed by atoms with van der Waals surface area (Å²) in [6.45, 7) is 6.83. The Morgan fingerprint density at radius 3 is 2.55 bits per heavy atom. The van der Waals surface area contributed by atoms with Crippen molar-refractivity contribution in [1.82, 2.24) is 4.90 Å². The van der Waals surface area contributed by atoms with E-state index in [0.717, 1.165) is 12.8 Å². The van der Waals surface area contributed by atoms with Crippen molar-refractivity contribution in [3.63, 3.8) is 0 Å². The molecule has 0 radical (unpaired) electrons. The van der Waals surface area contributed by atoms with Gasteiger partial charge in [-0.2, -0.15) is 0 Å². The highest BCUT2D eigenvalue weighted by Crippen LogP contribution is 2.22. The molecule has 6 nitrogen and oxygen atoms in total. The van der Waals surface area contributed by atoms with Crippen molar-refractivity contribution >= 4 is 11.9 Å². The van der Waals surface area contributed by atoms with Crippen LogP contribution in [0.3, 0.4) is 0 Å². The minimum absolute atomic E-state index is 0.0763. The normalized spacial score (nSPS) is 25.2. The molecular formula is C14H26N2O4. The summed E-state index contributed by atoms with van der Waals surface area (Å²) in [5.74, 6) is -1.66. The van der Waals surface area contributed by atoms with E-state index in [0.29, 0.717) is 6.54 Å². The maximum atomic E-state index is 12.5. The summed E-state index contributed by atoms with van der Waals surface area (Å²) in [5.41, 5.74) is 6.01. The fourth-order valence-corrected chi connectivity index (χ4v) is 2.46. The Hall–Kier alpha value is -1.14. The summed E-state index contributed by atoms with van der Waals surface area (Å²) in [6, 6.07) is -0.989. The second kappa shape index (κ2) is 7.59. The van der Waals surface area contributed by atoms with E-state index in [1.165, 1.54) is 0 Å². The van der Waals surface area contributed by atoms with Gasteiger partial charge in [-0.3, -0.25) is 9.59 Å². The van der Waals surface area contributed by atoms with Gasteiger partial charge in [0.25, 0.3) is 0 Å². The highest BCUT2D eigenvalue weighted by Gasteiger charge is 2.41. The number of carboxylic acids is 1. The van der Waals surface area contributed by atoms with Gasteiger partial charge >= 0.3 is 5.97 Å². The van der Waals surface area contributed by atoms with Gasteiger partial charge in [0.05, 0.1) is 25.3 Å². The van der Waals surface area contributed by atoms with Crippen LogP contribution < -0.4 is 5.73 Å². The third kappa shape index (κ3) is 3.70. The van der Waals surface area contributed by atoms with Crippen LogP contribution in [-0.2, 0) is 14.3 Å². The van der Waals surface area contributed by atoms with Gasteiger partial charge in [-0.05, 0) is 12.3 Å². The zero-order valence-corrected chi connectivity index (χ0v) is 12.5. The molecule has 1 heterocycles. The van der Waals surface area contributed by atoms with E-state index in [9.17, 15) is 14.7 Å². The third-order valence-electron chi connectivity index (χ3n) is 4.06. The van der Waals surface area contributed by atoms with E-state index >= 15 is 0 Å². The van der Waals surface area contributed by atoms with Gasteiger partial charge in [0.2, 0.25) is 5.91 Å². The number of nitrogens with zero attached hydrogens (tertiary/aromatic N) is 1. The number of ether oxygens (including phenoxy) is 1. The van der Waals surface area contributed by atoms with Crippen LogP contribution in [0.2, 0.25) is 0 Å². The number of carboxylic acid groups (broad SMARTS) is 1. The van der Waals surface area contributed by atoms with Crippen LogP contribution in [0, 0.1) is 11.8 Å². The highest BCUT2D eigenvalue weighted by atomic mass is 16.5. The number of nitrogens with two attached hydrogens (primary N) is 1. The highest BCUT2D eigenvalue weighted by molar-refractivity contribution is 5.83. The maximum Gasteiger partial charge on any atom is 0.311 e. The van der Waals surface area contributed by atoms with Crippen LogP contribution in [0.5, 0.6) is 0 Å². The molecular weight excluding hydrogens is 260 g/mol. The van der Waals surface area contributed by atoms with Gasteiger partial charge in [0, 0.05) is 6.54 Å². The van der Waals surface area contributed by atoms with Crippen molar-refractivity contribution in [1.29, 1.82) is 0 Å². The van der Waals surface area contributed by atoms with Gasteiger partial charge in [0.15, 0.2) is 0 Å². The average Bonchev–Trinajstić information content (AvgIpc) is 2.91. The summed E-state index contributed by atoms with van der Waals surface area (Å²) < 4.78 is 5.26. The summed E-state index contributed by atoms with van der Waals surface area (Å²) in [5, 5.41) is 9.23. The molecule has 1 rings (SSSR count). The van der Waals surface area contributed by atoms with Crippen molar-refractivity contribution < 1.29 is 19.4 Å². The molecule has 4 atom stereocenters. The van der Waals surface area contributed by atoms with E-state index in [1.54, 1.807) is 4.90 Å². The molecule has 1 aliphatic rings. The van der Waals surface area contributed by atoms with Crippen molar-refractivity contribution in [2.75, 3.05) is 19.8 Å². The molecule has 116 valence electrons. The molecule has 0 aromatic rings. The molecule has 20 heavy (non-hydrogen) atoms. The van der Waals surface area contributed by atoms with Crippen LogP contribution in [0.25, 0.3) is 0 Å². The monoisotopic (exact) mass is 286 g/mol. The SMILES string of the molecule is CCCN(C(=O)[C@@H](N)C(C)CC)C1COCC1C(=O)O. The molecule has 3 unspecified atom stereocenters. The van der Waals surface area contributed by atoms with Crippen LogP contribution in [0.4, 0.5) is 0 Å². The van der Waals surface area contributed by atoms with Gasteiger partial charge in [-0.15, -0.1) is 0 Å². The van der Waals surface area contributed by atoms with Crippen LogP contribution >= 0.6 is 0 Å². The van der Waals surface area contributed by atoms with E-state index in [1.807, 2.05) is 20.8 Å². The Labute approximate surface area is 120 Å². The second-order valence-electron chi connectivity index (χ2n) is 5.49. The molecule has 1 fully saturated rings. The van der Waals surface area contributed by atoms with Crippen LogP contribution in [0.15, 0.2) is 0 Å². The molecule has 1 saturated heterocycles. The van der Waals surface area contributed by atoms with E-state index in [4.69, 9.17) is 10.5 Å². The standard InChI is InChI=1S/C14H26N2O4/c1-4-6-16(13(17)12(15)9(3)5-2)11-8-20-7-10(11)14(18)19/h9-12H,4-8,15H2,1-3H3,(H,18,19)/t9?,10?,11?,12-/m0/s1. The predicted molar refractivity (Wildman–Crippen MR) is 75.2 cm³/mol. The van der Waals surface area contributed by atoms with Crippen molar-refractivity contribution in [2.45, 2.75) is 45.7 Å². The third-order valence-corrected chi connectivity index (χ3v) is 4.06. The number of hydrogen-bond donors (Lipinski definition) is 2. The van der Waals surface area contributed by atoms with Crippen molar-refractivity contribution in [3.05, 3.63) is 0 Å². The Morgan fingerprint density at radius 2 is 2.05 bits per heavy atom. The van der Waals surface area contributed by atoms with Gasteiger partial charge < -0.3 is 20.5 Å². The molecule has 0 spiro atoms. The Morgan fingerprint density at radius 1 is 1.40 bits per heavy atom. The lowest BCUT2D eigenvalue weighted by Gasteiger charge is -2.33. The Kier molecular flexibility index (Phi) is 6.42. The first-order chi connectivity index (χ1) is 9.43. The van der Waals surface area contributed by atoms with E-state index in [-0.39, 0.29) is 25.0 Å². The van der Waals surface area contributed by atoms with Gasteiger partial charge in [-0.25, -0.2) is 0 Å². The first-order valence-electron chi connectivity index (χ1n) is 7.30. The smallest absolute Gasteiger partial charge is 0.311 e. The molecule has 6 heteroatoms. The average molecular weight is 286 g/mol. The molecule has 0 aliphatic carbocycles. The number of amides is 1. The van der Waals surface area contributed by atoms with Gasteiger partial charge in [-0.1, -0.05) is 27.2 Å². The fourth-order valence-electron chi connectivity index (χ4n) is 2.46. The first-order valence-corrected chi connectivity index (χ1v) is 7.30. The number of rotatable bonds is 7. The molecule has 0 aromatic carbocycles. The van der Waals surface area contributed by atoms with Crippen molar-refractivity contribution in [3.8, 4) is 0 Å².